The quantitative estimate of drug-likeness (QED) is 0.716. The van der Waals surface area contributed by atoms with Crippen LogP contribution in [-0.4, -0.2) is 29.6 Å². The molecule has 2 heteroatoms. The van der Waals surface area contributed by atoms with Gasteiger partial charge in [0, 0.05) is 18.0 Å². The average Bonchev–Trinajstić information content (AvgIpc) is 2.71. The van der Waals surface area contributed by atoms with E-state index in [1.54, 1.807) is 0 Å². The van der Waals surface area contributed by atoms with Crippen molar-refractivity contribution in [3.8, 4) is 11.8 Å². The first-order chi connectivity index (χ1) is 7.09. The van der Waals surface area contributed by atoms with Crippen LogP contribution in [0.15, 0.2) is 0 Å². The molecular formula is C13H24N2. The molecular weight excluding hydrogens is 184 g/mol. The van der Waals surface area contributed by atoms with Gasteiger partial charge in [-0.15, -0.1) is 11.8 Å². The topological polar surface area (TPSA) is 29.3 Å². The van der Waals surface area contributed by atoms with Crippen molar-refractivity contribution in [2.24, 2.45) is 5.73 Å². The fraction of sp³-hybridized carbons (Fsp3) is 0.846. The second-order valence-corrected chi connectivity index (χ2v) is 4.92. The highest BCUT2D eigenvalue weighted by Crippen LogP contribution is 2.25. The Labute approximate surface area is 94.2 Å². The van der Waals surface area contributed by atoms with E-state index in [1.165, 1.54) is 25.9 Å². The van der Waals surface area contributed by atoms with Crippen LogP contribution in [0, 0.1) is 11.8 Å². The monoisotopic (exact) mass is 208 g/mol. The largest absolute Gasteiger partial charge is 0.326 e. The Morgan fingerprint density at radius 3 is 2.47 bits per heavy atom. The molecule has 1 fully saturated rings. The average molecular weight is 208 g/mol. The van der Waals surface area contributed by atoms with Crippen molar-refractivity contribution in [3.63, 3.8) is 0 Å². The molecule has 0 aromatic heterocycles. The van der Waals surface area contributed by atoms with Crippen molar-refractivity contribution in [1.82, 2.24) is 4.90 Å². The van der Waals surface area contributed by atoms with E-state index in [-0.39, 0.29) is 11.6 Å². The van der Waals surface area contributed by atoms with Gasteiger partial charge in [-0.2, -0.15) is 0 Å². The van der Waals surface area contributed by atoms with Crippen LogP contribution in [0.2, 0.25) is 0 Å². The van der Waals surface area contributed by atoms with Gasteiger partial charge >= 0.3 is 0 Å². The summed E-state index contributed by atoms with van der Waals surface area (Å²) < 4.78 is 0. The van der Waals surface area contributed by atoms with Crippen LogP contribution in [0.5, 0.6) is 0 Å². The Hall–Kier alpha value is -0.520. The minimum absolute atomic E-state index is 0.131. The molecule has 1 aliphatic rings. The van der Waals surface area contributed by atoms with E-state index in [9.17, 15) is 0 Å². The van der Waals surface area contributed by atoms with Crippen molar-refractivity contribution in [2.75, 3.05) is 13.1 Å². The first kappa shape index (κ1) is 12.5. The van der Waals surface area contributed by atoms with Crippen LogP contribution in [0.4, 0.5) is 0 Å². The Morgan fingerprint density at radius 1 is 1.33 bits per heavy atom. The molecule has 1 heterocycles. The predicted octanol–water partition coefficient (Wildman–Crippen LogP) is 1.99. The van der Waals surface area contributed by atoms with E-state index in [1.807, 2.05) is 6.92 Å². The Morgan fingerprint density at radius 2 is 1.93 bits per heavy atom. The lowest BCUT2D eigenvalue weighted by atomic mass is 9.90. The highest BCUT2D eigenvalue weighted by molar-refractivity contribution is 4.99. The molecule has 86 valence electrons. The van der Waals surface area contributed by atoms with Crippen molar-refractivity contribution >= 4 is 0 Å². The number of nitrogens with zero attached hydrogens (tertiary/aromatic N) is 1. The van der Waals surface area contributed by atoms with Crippen LogP contribution < -0.4 is 5.73 Å². The van der Waals surface area contributed by atoms with Crippen LogP contribution in [-0.2, 0) is 0 Å². The lowest BCUT2D eigenvalue weighted by Gasteiger charge is -2.40. The smallest absolute Gasteiger partial charge is 0.0304 e. The minimum atomic E-state index is 0.131. The summed E-state index contributed by atoms with van der Waals surface area (Å²) in [7, 11) is 0. The molecule has 1 unspecified atom stereocenters. The summed E-state index contributed by atoms with van der Waals surface area (Å²) in [6.07, 6.45) is 4.58. The van der Waals surface area contributed by atoms with Crippen LogP contribution in [0.3, 0.4) is 0 Å². The Bertz CT molecular complexity index is 241. The van der Waals surface area contributed by atoms with E-state index in [0.29, 0.717) is 0 Å². The summed E-state index contributed by atoms with van der Waals surface area (Å²) in [5.74, 6) is 6.02. The van der Waals surface area contributed by atoms with Crippen molar-refractivity contribution in [2.45, 2.75) is 58.0 Å². The SMILES string of the molecule is CC#CCCC(N)C(C)(C)N1CCCC1. The van der Waals surface area contributed by atoms with Crippen LogP contribution >= 0.6 is 0 Å². The van der Waals surface area contributed by atoms with Crippen LogP contribution in [0.1, 0.15) is 46.5 Å². The number of rotatable bonds is 4. The second-order valence-electron chi connectivity index (χ2n) is 4.92. The number of hydrogen-bond acceptors (Lipinski definition) is 2. The summed E-state index contributed by atoms with van der Waals surface area (Å²) >= 11 is 0. The molecule has 0 radical (unpaired) electrons. The van der Waals surface area contributed by atoms with Gasteiger partial charge in [0.2, 0.25) is 0 Å². The third-order valence-electron chi connectivity index (χ3n) is 3.59. The first-order valence-electron chi connectivity index (χ1n) is 5.99. The van der Waals surface area contributed by atoms with E-state index >= 15 is 0 Å². The van der Waals surface area contributed by atoms with E-state index in [2.05, 4.69) is 30.6 Å². The Balaban J connectivity index is 2.46. The molecule has 0 amide bonds. The summed E-state index contributed by atoms with van der Waals surface area (Å²) in [5, 5.41) is 0. The predicted molar refractivity (Wildman–Crippen MR) is 65.5 cm³/mol. The molecule has 0 saturated carbocycles. The van der Waals surface area contributed by atoms with Gasteiger partial charge in [-0.1, -0.05) is 0 Å². The maximum Gasteiger partial charge on any atom is 0.0304 e. The highest BCUT2D eigenvalue weighted by Gasteiger charge is 2.33. The molecule has 2 nitrogen and oxygen atoms in total. The fourth-order valence-corrected chi connectivity index (χ4v) is 2.23. The molecule has 0 aromatic rings. The molecule has 2 N–H and O–H groups in total. The molecule has 0 aliphatic carbocycles. The van der Waals surface area contributed by atoms with Gasteiger partial charge in [-0.3, -0.25) is 4.90 Å². The summed E-state index contributed by atoms with van der Waals surface area (Å²) in [4.78, 5) is 2.52. The van der Waals surface area contributed by atoms with Crippen molar-refractivity contribution < 1.29 is 0 Å². The zero-order valence-corrected chi connectivity index (χ0v) is 10.3. The van der Waals surface area contributed by atoms with Gasteiger partial charge in [0.05, 0.1) is 0 Å². The molecule has 0 aromatic carbocycles. The zero-order chi connectivity index (χ0) is 11.3. The fourth-order valence-electron chi connectivity index (χ4n) is 2.23. The number of hydrogen-bond donors (Lipinski definition) is 1. The normalized spacial score (nSPS) is 19.7. The van der Waals surface area contributed by atoms with Gasteiger partial charge in [0.25, 0.3) is 0 Å². The molecule has 1 saturated heterocycles. The standard InChI is InChI=1S/C13H24N2/c1-4-5-6-9-12(14)13(2,3)15-10-7-8-11-15/h12H,6-11,14H2,1-3H3. The minimum Gasteiger partial charge on any atom is -0.326 e. The van der Waals surface area contributed by atoms with E-state index in [4.69, 9.17) is 5.73 Å². The molecule has 15 heavy (non-hydrogen) atoms. The highest BCUT2D eigenvalue weighted by atomic mass is 15.2. The van der Waals surface area contributed by atoms with E-state index in [0.717, 1.165) is 12.8 Å². The molecule has 1 atom stereocenters. The first-order valence-corrected chi connectivity index (χ1v) is 5.99. The molecule has 0 bridgehead atoms. The second kappa shape index (κ2) is 5.53. The van der Waals surface area contributed by atoms with Crippen LogP contribution in [0.25, 0.3) is 0 Å². The summed E-state index contributed by atoms with van der Waals surface area (Å²) in [5.41, 5.74) is 6.39. The summed E-state index contributed by atoms with van der Waals surface area (Å²) in [6.45, 7) is 8.84. The zero-order valence-electron chi connectivity index (χ0n) is 10.3. The lowest BCUT2D eigenvalue weighted by molar-refractivity contribution is 0.120. The Kier molecular flexibility index (Phi) is 4.63. The maximum absolute atomic E-state index is 6.26. The van der Waals surface area contributed by atoms with E-state index < -0.39 is 0 Å². The van der Waals surface area contributed by atoms with Crippen molar-refractivity contribution in [1.29, 1.82) is 0 Å². The molecule has 1 rings (SSSR count). The number of likely N-dealkylation sites (tertiary alicyclic amines) is 1. The summed E-state index contributed by atoms with van der Waals surface area (Å²) in [6, 6.07) is 0.233. The van der Waals surface area contributed by atoms with Gasteiger partial charge in [0.1, 0.15) is 0 Å². The van der Waals surface area contributed by atoms with Gasteiger partial charge < -0.3 is 5.73 Å². The molecule has 1 aliphatic heterocycles. The third kappa shape index (κ3) is 3.22. The lowest BCUT2D eigenvalue weighted by Crippen LogP contribution is -2.54. The van der Waals surface area contributed by atoms with Gasteiger partial charge in [-0.05, 0) is 53.1 Å². The van der Waals surface area contributed by atoms with Gasteiger partial charge in [-0.25, -0.2) is 0 Å². The van der Waals surface area contributed by atoms with Crippen molar-refractivity contribution in [3.05, 3.63) is 0 Å². The third-order valence-corrected chi connectivity index (χ3v) is 3.59. The molecule has 0 spiro atoms. The maximum atomic E-state index is 6.26. The number of nitrogens with two attached hydrogens (primary N) is 1. The van der Waals surface area contributed by atoms with Gasteiger partial charge in [0.15, 0.2) is 0 Å².